The summed E-state index contributed by atoms with van der Waals surface area (Å²) in [6.07, 6.45) is 5.61. The number of para-hydroxylation sites is 1. The summed E-state index contributed by atoms with van der Waals surface area (Å²) in [7, 11) is -6.23. The normalized spacial score (nSPS) is 25.7. The number of terminal acetylenes is 1. The molecule has 1 saturated heterocycles. The Hall–Kier alpha value is -1.73. The Balaban J connectivity index is 2.35. The third-order valence-corrected chi connectivity index (χ3v) is 12.2. The van der Waals surface area contributed by atoms with E-state index in [4.69, 9.17) is 10.8 Å². The molecule has 1 heterocycles. The fourth-order valence-electron chi connectivity index (χ4n) is 2.67. The van der Waals surface area contributed by atoms with Crippen molar-refractivity contribution in [2.45, 2.75) is 62.3 Å². The molecule has 0 spiro atoms. The van der Waals surface area contributed by atoms with E-state index < -0.39 is 40.5 Å². The number of benzene rings is 1. The van der Waals surface area contributed by atoms with Gasteiger partial charge in [-0.3, -0.25) is 10.1 Å². The zero-order valence-electron chi connectivity index (χ0n) is 16.5. The molecular weight excluding hydrogens is 384 g/mol. The zero-order valence-corrected chi connectivity index (χ0v) is 18.3. The third-order valence-electron chi connectivity index (χ3n) is 5.62. The summed E-state index contributed by atoms with van der Waals surface area (Å²) < 4.78 is 33.5. The molecule has 1 aromatic carbocycles. The van der Waals surface area contributed by atoms with Gasteiger partial charge in [-0.1, -0.05) is 38.8 Å². The standard InChI is InChI=1S/C18H26N2O5SSi/c1-8-18(5)16(13-25-27(6,7)17(2,3)4)19(18)26(23,24)15-12-10-9-11-14(15)20(21)22/h1,9-12,16H,13H2,2-7H3/t16-,18-,19?/m1/s1. The van der Waals surface area contributed by atoms with Gasteiger partial charge in [0.15, 0.2) is 13.2 Å². The minimum Gasteiger partial charge on any atom is -0.415 e. The Labute approximate surface area is 162 Å². The smallest absolute Gasteiger partial charge is 0.289 e. The van der Waals surface area contributed by atoms with Crippen molar-refractivity contribution in [1.82, 2.24) is 4.31 Å². The van der Waals surface area contributed by atoms with Crippen molar-refractivity contribution >= 4 is 24.0 Å². The molecule has 9 heteroatoms. The molecule has 0 radical (unpaired) electrons. The first-order valence-corrected chi connectivity index (χ1v) is 12.9. The highest BCUT2D eigenvalue weighted by molar-refractivity contribution is 7.89. The van der Waals surface area contributed by atoms with Gasteiger partial charge in [0.2, 0.25) is 0 Å². The summed E-state index contributed by atoms with van der Waals surface area (Å²) in [6, 6.07) is 4.73. The van der Waals surface area contributed by atoms with Gasteiger partial charge in [0.1, 0.15) is 5.54 Å². The van der Waals surface area contributed by atoms with Crippen LogP contribution < -0.4 is 0 Å². The first-order valence-electron chi connectivity index (χ1n) is 8.60. The van der Waals surface area contributed by atoms with E-state index in [0.717, 1.165) is 4.31 Å². The van der Waals surface area contributed by atoms with Crippen molar-refractivity contribution in [3.63, 3.8) is 0 Å². The number of nitro groups is 1. The van der Waals surface area contributed by atoms with E-state index >= 15 is 0 Å². The molecule has 0 amide bonds. The summed E-state index contributed by atoms with van der Waals surface area (Å²) >= 11 is 0. The molecule has 0 saturated carbocycles. The van der Waals surface area contributed by atoms with Gasteiger partial charge in [-0.25, -0.2) is 8.42 Å². The second-order valence-corrected chi connectivity index (χ2v) is 15.0. The van der Waals surface area contributed by atoms with Gasteiger partial charge in [-0.05, 0) is 31.1 Å². The van der Waals surface area contributed by atoms with Crippen LogP contribution in [0, 0.1) is 22.5 Å². The first-order chi connectivity index (χ1) is 12.2. The predicted molar refractivity (Wildman–Crippen MR) is 106 cm³/mol. The van der Waals surface area contributed by atoms with Crippen LogP contribution in [-0.2, 0) is 14.4 Å². The lowest BCUT2D eigenvalue weighted by Crippen LogP contribution is -2.42. The molecule has 0 bridgehead atoms. The van der Waals surface area contributed by atoms with Gasteiger partial charge < -0.3 is 4.43 Å². The summed E-state index contributed by atoms with van der Waals surface area (Å²) in [5.41, 5.74) is -1.53. The number of nitrogens with zero attached hydrogens (tertiary/aromatic N) is 2. The molecule has 0 aromatic heterocycles. The van der Waals surface area contributed by atoms with Crippen molar-refractivity contribution in [2.75, 3.05) is 6.61 Å². The minimum atomic E-state index is -4.13. The van der Waals surface area contributed by atoms with Crippen LogP contribution in [0.5, 0.6) is 0 Å². The molecule has 3 atom stereocenters. The van der Waals surface area contributed by atoms with Crippen molar-refractivity contribution in [3.8, 4) is 12.3 Å². The van der Waals surface area contributed by atoms with Crippen molar-refractivity contribution in [1.29, 1.82) is 0 Å². The number of hydrogen-bond acceptors (Lipinski definition) is 5. The summed E-state index contributed by atoms with van der Waals surface area (Å²) in [4.78, 5) is 10.2. The fourth-order valence-corrected chi connectivity index (χ4v) is 5.77. The number of nitro benzene ring substituents is 1. The molecule has 1 aromatic rings. The number of sulfonamides is 1. The van der Waals surface area contributed by atoms with Crippen LogP contribution in [-0.4, -0.2) is 44.2 Å². The number of hydrogen-bond donors (Lipinski definition) is 0. The molecular formula is C18H26N2O5SSi. The molecule has 7 nitrogen and oxygen atoms in total. The van der Waals surface area contributed by atoms with E-state index in [1.54, 1.807) is 6.92 Å². The van der Waals surface area contributed by atoms with Crippen LogP contribution in [0.15, 0.2) is 29.2 Å². The predicted octanol–water partition coefficient (Wildman–Crippen LogP) is 3.38. The lowest BCUT2D eigenvalue weighted by Gasteiger charge is -2.36. The van der Waals surface area contributed by atoms with Gasteiger partial charge in [0, 0.05) is 6.07 Å². The summed E-state index contributed by atoms with van der Waals surface area (Å²) in [5.74, 6) is 2.53. The van der Waals surface area contributed by atoms with E-state index in [1.807, 2.05) is 0 Å². The van der Waals surface area contributed by atoms with Crippen LogP contribution >= 0.6 is 0 Å². The molecule has 0 N–H and O–H groups in total. The molecule has 1 aliphatic heterocycles. The highest BCUT2D eigenvalue weighted by Gasteiger charge is 2.66. The van der Waals surface area contributed by atoms with Gasteiger partial charge in [0.25, 0.3) is 15.7 Å². The SMILES string of the molecule is C#C[C@]1(C)[C@@H](CO[Si](C)(C)C(C)(C)C)N1S(=O)(=O)c1ccccc1[N+](=O)[O-]. The highest BCUT2D eigenvalue weighted by atomic mass is 32.2. The van der Waals surface area contributed by atoms with Crippen LogP contribution in [0.4, 0.5) is 5.69 Å². The average molecular weight is 411 g/mol. The van der Waals surface area contributed by atoms with Crippen LogP contribution in [0.3, 0.4) is 0 Å². The third kappa shape index (κ3) is 3.67. The second kappa shape index (κ2) is 6.70. The quantitative estimate of drug-likeness (QED) is 0.236. The van der Waals surface area contributed by atoms with E-state index in [-0.39, 0.29) is 16.5 Å². The summed E-state index contributed by atoms with van der Waals surface area (Å²) in [6.45, 7) is 12.2. The molecule has 27 heavy (non-hydrogen) atoms. The fraction of sp³-hybridized carbons (Fsp3) is 0.556. The van der Waals surface area contributed by atoms with Gasteiger partial charge in [-0.2, -0.15) is 4.31 Å². The molecule has 1 aliphatic rings. The van der Waals surface area contributed by atoms with Crippen LogP contribution in [0.2, 0.25) is 18.1 Å². The van der Waals surface area contributed by atoms with Gasteiger partial charge >= 0.3 is 0 Å². The molecule has 2 rings (SSSR count). The maximum absolute atomic E-state index is 13.1. The van der Waals surface area contributed by atoms with Crippen LogP contribution in [0.25, 0.3) is 0 Å². The van der Waals surface area contributed by atoms with E-state index in [9.17, 15) is 18.5 Å². The molecule has 1 fully saturated rings. The van der Waals surface area contributed by atoms with E-state index in [0.29, 0.717) is 0 Å². The van der Waals surface area contributed by atoms with E-state index in [1.165, 1.54) is 24.3 Å². The monoisotopic (exact) mass is 410 g/mol. The zero-order chi connectivity index (χ0) is 20.8. The van der Waals surface area contributed by atoms with Crippen molar-refractivity contribution < 1.29 is 17.8 Å². The topological polar surface area (TPSA) is 89.5 Å². The Bertz CT molecular complexity index is 901. The van der Waals surface area contributed by atoms with E-state index in [2.05, 4.69) is 39.8 Å². The Kier molecular flexibility index (Phi) is 5.35. The Morgan fingerprint density at radius 2 is 1.93 bits per heavy atom. The van der Waals surface area contributed by atoms with Crippen molar-refractivity contribution in [2.24, 2.45) is 0 Å². The largest absolute Gasteiger partial charge is 0.415 e. The summed E-state index contributed by atoms with van der Waals surface area (Å²) in [5, 5.41) is 11.2. The average Bonchev–Trinajstić information content (AvgIpc) is 3.18. The first kappa shape index (κ1) is 21.6. The maximum atomic E-state index is 13.1. The second-order valence-electron chi connectivity index (χ2n) is 8.40. The maximum Gasteiger partial charge on any atom is 0.289 e. The lowest BCUT2D eigenvalue weighted by molar-refractivity contribution is -0.387. The Morgan fingerprint density at radius 3 is 2.41 bits per heavy atom. The Morgan fingerprint density at radius 1 is 1.37 bits per heavy atom. The van der Waals surface area contributed by atoms with Gasteiger partial charge in [-0.15, -0.1) is 6.42 Å². The van der Waals surface area contributed by atoms with Gasteiger partial charge in [0.05, 0.1) is 17.6 Å². The van der Waals surface area contributed by atoms with Crippen LogP contribution in [0.1, 0.15) is 27.7 Å². The number of rotatable bonds is 6. The minimum absolute atomic E-state index is 0.0314. The molecule has 148 valence electrons. The highest BCUT2D eigenvalue weighted by Crippen LogP contribution is 2.48. The van der Waals surface area contributed by atoms with Crippen molar-refractivity contribution in [3.05, 3.63) is 34.4 Å². The molecule has 1 unspecified atom stereocenters. The molecule has 0 aliphatic carbocycles. The lowest BCUT2D eigenvalue weighted by atomic mass is 10.1.